The molecule has 0 aliphatic carbocycles. The van der Waals surface area contributed by atoms with Gasteiger partial charge in [0.2, 0.25) is 0 Å². The number of hydrogen-bond donors (Lipinski definition) is 4. The first-order chi connectivity index (χ1) is 21.5. The van der Waals surface area contributed by atoms with E-state index in [4.69, 9.17) is 9.05 Å². The highest BCUT2D eigenvalue weighted by Crippen LogP contribution is 2.62. The molecule has 48 heavy (non-hydrogen) atoms. The maximum absolute atomic E-state index is 12.9. The highest BCUT2D eigenvalue weighted by Gasteiger charge is 2.46. The molecule has 2 aromatic rings. The van der Waals surface area contributed by atoms with Crippen LogP contribution in [0.25, 0.3) is 0 Å². The lowest BCUT2D eigenvalue weighted by Gasteiger charge is -2.36. The number of phenols is 2. The standard InChI is InChI=1S/2C19H33O4P/c1-9-22-24(21,23-10-2)13-14-11-15(18(3,4)5)17(20)16(12-14)19(6,7)8;1-9-19(10-2,24(21,22)23)13-11-14(17(3,4)5)16(20)15(12-13)18(6,7)8/h11-12,20H,9-10,13H2,1-8H3;11-12,20H,9-10H2,1-8H3,(H2,21,22,23). The predicted octanol–water partition coefficient (Wildman–Crippen LogP) is 10.9. The minimum Gasteiger partial charge on any atom is -0.507 e. The highest BCUT2D eigenvalue weighted by atomic mass is 31.2. The molecule has 2 aromatic carbocycles. The molecule has 0 unspecified atom stereocenters. The molecular weight excluding hydrogens is 646 g/mol. The zero-order valence-electron chi connectivity index (χ0n) is 32.7. The van der Waals surface area contributed by atoms with Crippen LogP contribution in [0.4, 0.5) is 0 Å². The minimum atomic E-state index is -4.37. The van der Waals surface area contributed by atoms with E-state index in [2.05, 4.69) is 41.5 Å². The Morgan fingerprint density at radius 1 is 0.562 bits per heavy atom. The zero-order valence-corrected chi connectivity index (χ0v) is 34.5. The fourth-order valence-electron chi connectivity index (χ4n) is 5.96. The van der Waals surface area contributed by atoms with E-state index in [1.54, 1.807) is 12.1 Å². The summed E-state index contributed by atoms with van der Waals surface area (Å²) in [6.07, 6.45) is 0.887. The normalized spacial score (nSPS) is 13.7. The molecule has 0 heterocycles. The number of benzene rings is 2. The highest BCUT2D eigenvalue weighted by molar-refractivity contribution is 7.53. The molecule has 0 aliphatic heterocycles. The van der Waals surface area contributed by atoms with Crippen molar-refractivity contribution in [3.8, 4) is 11.5 Å². The van der Waals surface area contributed by atoms with Crippen molar-refractivity contribution in [3.05, 3.63) is 57.6 Å². The molecule has 276 valence electrons. The molecule has 8 nitrogen and oxygen atoms in total. The summed E-state index contributed by atoms with van der Waals surface area (Å²) >= 11 is 0. The maximum Gasteiger partial charge on any atom is 0.335 e. The second-order valence-corrected chi connectivity index (χ2v) is 20.8. The van der Waals surface area contributed by atoms with Gasteiger partial charge < -0.3 is 29.0 Å². The molecule has 0 amide bonds. The molecule has 0 aliphatic rings. The van der Waals surface area contributed by atoms with Gasteiger partial charge in [-0.2, -0.15) is 0 Å². The number of rotatable bonds is 10. The average molecular weight is 713 g/mol. The van der Waals surface area contributed by atoms with Crippen molar-refractivity contribution >= 4 is 15.2 Å². The molecule has 0 bridgehead atoms. The molecular formula is C38H66O8P2. The first-order valence-corrected chi connectivity index (χ1v) is 20.5. The lowest BCUT2D eigenvalue weighted by Crippen LogP contribution is -2.27. The van der Waals surface area contributed by atoms with Crippen molar-refractivity contribution < 1.29 is 38.2 Å². The van der Waals surface area contributed by atoms with Crippen LogP contribution >= 0.6 is 15.2 Å². The smallest absolute Gasteiger partial charge is 0.335 e. The van der Waals surface area contributed by atoms with Crippen LogP contribution in [0.5, 0.6) is 11.5 Å². The number of aromatic hydroxyl groups is 2. The van der Waals surface area contributed by atoms with E-state index in [0.29, 0.717) is 37.4 Å². The van der Waals surface area contributed by atoms with Gasteiger partial charge in [0.15, 0.2) is 0 Å². The minimum absolute atomic E-state index is 0.209. The second kappa shape index (κ2) is 15.7. The Bertz CT molecular complexity index is 1390. The fourth-order valence-corrected chi connectivity index (χ4v) is 8.92. The molecule has 0 aromatic heterocycles. The summed E-state index contributed by atoms with van der Waals surface area (Å²) in [5, 5.41) is 20.3. The van der Waals surface area contributed by atoms with Crippen LogP contribution in [0.1, 0.15) is 157 Å². The van der Waals surface area contributed by atoms with Crippen LogP contribution in [-0.2, 0) is 51.2 Å². The monoisotopic (exact) mass is 712 g/mol. The average Bonchev–Trinajstić information content (AvgIpc) is 2.88. The predicted molar refractivity (Wildman–Crippen MR) is 200 cm³/mol. The Hall–Kier alpha value is -1.66. The van der Waals surface area contributed by atoms with Crippen molar-refractivity contribution in [2.75, 3.05) is 13.2 Å². The van der Waals surface area contributed by atoms with Crippen molar-refractivity contribution in [2.24, 2.45) is 0 Å². The van der Waals surface area contributed by atoms with Gasteiger partial charge in [0.1, 0.15) is 11.5 Å². The summed E-state index contributed by atoms with van der Waals surface area (Å²) in [5.41, 5.74) is 3.54. The Kier molecular flexibility index (Phi) is 14.5. The molecule has 0 fully saturated rings. The summed E-state index contributed by atoms with van der Waals surface area (Å²) in [5.74, 6) is 0.548. The van der Waals surface area contributed by atoms with E-state index in [9.17, 15) is 29.1 Å². The van der Waals surface area contributed by atoms with Crippen LogP contribution < -0.4 is 0 Å². The van der Waals surface area contributed by atoms with Gasteiger partial charge in [-0.1, -0.05) is 121 Å². The van der Waals surface area contributed by atoms with E-state index in [1.807, 2.05) is 81.4 Å². The van der Waals surface area contributed by atoms with Gasteiger partial charge in [-0.25, -0.2) is 0 Å². The van der Waals surface area contributed by atoms with E-state index >= 15 is 0 Å². The lowest BCUT2D eigenvalue weighted by atomic mass is 9.76. The summed E-state index contributed by atoms with van der Waals surface area (Å²) in [6, 6.07) is 7.43. The third-order valence-corrected chi connectivity index (χ3v) is 12.9. The molecule has 0 saturated carbocycles. The molecule has 0 saturated heterocycles. The molecule has 4 N–H and O–H groups in total. The first-order valence-electron chi connectivity index (χ1n) is 17.1. The summed E-state index contributed by atoms with van der Waals surface area (Å²) in [6.45, 7) is 32.2. The molecule has 2 rings (SSSR count). The largest absolute Gasteiger partial charge is 0.507 e. The molecule has 0 spiro atoms. The number of hydrogen-bond acceptors (Lipinski definition) is 6. The van der Waals surface area contributed by atoms with E-state index in [0.717, 1.165) is 27.8 Å². The van der Waals surface area contributed by atoms with Gasteiger partial charge in [0, 0.05) is 0 Å². The summed E-state index contributed by atoms with van der Waals surface area (Å²) in [7, 11) is -7.55. The third kappa shape index (κ3) is 10.7. The SMILES string of the molecule is CCC(CC)(c1cc(C(C)(C)C)c(O)c(C(C)(C)C)c1)P(=O)(O)O.CCOP(=O)(Cc1cc(C(C)(C)C)c(O)c(C(C)(C)C)c1)OCC. The van der Waals surface area contributed by atoms with E-state index < -0.39 is 20.3 Å². The number of phenolic OH excluding ortho intramolecular Hbond substituents is 2. The third-order valence-electron chi connectivity index (χ3n) is 8.80. The Balaban J connectivity index is 0.000000480. The summed E-state index contributed by atoms with van der Waals surface area (Å²) < 4.78 is 36.1. The van der Waals surface area contributed by atoms with Gasteiger partial charge >= 0.3 is 15.2 Å². The fraction of sp³-hybridized carbons (Fsp3) is 0.684. The van der Waals surface area contributed by atoms with Crippen LogP contribution in [0.2, 0.25) is 0 Å². The molecule has 0 radical (unpaired) electrons. The van der Waals surface area contributed by atoms with Gasteiger partial charge in [-0.3, -0.25) is 9.13 Å². The van der Waals surface area contributed by atoms with Crippen molar-refractivity contribution in [3.63, 3.8) is 0 Å². The van der Waals surface area contributed by atoms with E-state index in [1.165, 1.54) is 0 Å². The van der Waals surface area contributed by atoms with Gasteiger partial charge in [0.25, 0.3) is 0 Å². The second-order valence-electron chi connectivity index (χ2n) is 16.8. The topological polar surface area (TPSA) is 134 Å². The van der Waals surface area contributed by atoms with Crippen molar-refractivity contribution in [1.29, 1.82) is 0 Å². The van der Waals surface area contributed by atoms with Crippen LogP contribution in [0.3, 0.4) is 0 Å². The lowest BCUT2D eigenvalue weighted by molar-refractivity contribution is 0.219. The molecule has 0 atom stereocenters. The zero-order chi connectivity index (χ0) is 37.9. The first kappa shape index (κ1) is 44.4. The van der Waals surface area contributed by atoms with Gasteiger partial charge in [-0.15, -0.1) is 0 Å². The molecule has 10 heteroatoms. The quantitative estimate of drug-likeness (QED) is 0.179. The Morgan fingerprint density at radius 2 is 0.854 bits per heavy atom. The van der Waals surface area contributed by atoms with Crippen LogP contribution in [0.15, 0.2) is 24.3 Å². The van der Waals surface area contributed by atoms with E-state index in [-0.39, 0.29) is 33.6 Å². The van der Waals surface area contributed by atoms with Crippen LogP contribution in [0, 0.1) is 0 Å². The summed E-state index contributed by atoms with van der Waals surface area (Å²) in [4.78, 5) is 20.2. The van der Waals surface area contributed by atoms with Crippen LogP contribution in [-0.4, -0.2) is 33.2 Å². The maximum atomic E-state index is 12.9. The van der Waals surface area contributed by atoms with Crippen molar-refractivity contribution in [2.45, 2.75) is 157 Å². The Labute approximate surface area is 291 Å². The van der Waals surface area contributed by atoms with Gasteiger partial charge in [0.05, 0.1) is 24.5 Å². The Morgan fingerprint density at radius 3 is 1.08 bits per heavy atom. The van der Waals surface area contributed by atoms with Gasteiger partial charge in [-0.05, 0) is 81.7 Å². The van der Waals surface area contributed by atoms with Crippen molar-refractivity contribution in [1.82, 2.24) is 0 Å².